The van der Waals surface area contributed by atoms with Crippen LogP contribution in [0.4, 0.5) is 10.1 Å². The lowest BCUT2D eigenvalue weighted by molar-refractivity contribution is -0.117. The van der Waals surface area contributed by atoms with Crippen LogP contribution in [0.1, 0.15) is 12.7 Å². The third kappa shape index (κ3) is 5.09. The van der Waals surface area contributed by atoms with Gasteiger partial charge in [-0.2, -0.15) is 0 Å². The van der Waals surface area contributed by atoms with Crippen molar-refractivity contribution < 1.29 is 17.6 Å². The maximum absolute atomic E-state index is 13.3. The van der Waals surface area contributed by atoms with Crippen LogP contribution in [0.5, 0.6) is 0 Å². The van der Waals surface area contributed by atoms with Gasteiger partial charge in [0, 0.05) is 26.3 Å². The number of carbonyl (C=O) groups is 1. The molecule has 0 unspecified atom stereocenters. The molecule has 0 fully saturated rings. The number of aromatic nitrogens is 2. The van der Waals surface area contributed by atoms with Crippen LogP contribution in [0.15, 0.2) is 47.4 Å². The number of hydrogen-bond acceptors (Lipinski definition) is 5. The summed E-state index contributed by atoms with van der Waals surface area (Å²) in [5.41, 5.74) is 1.80. The lowest BCUT2D eigenvalue weighted by Crippen LogP contribution is -2.30. The molecule has 2 aromatic carbocycles. The van der Waals surface area contributed by atoms with Gasteiger partial charge in [0.05, 0.1) is 29.0 Å². The quantitative estimate of drug-likeness (QED) is 0.573. The van der Waals surface area contributed by atoms with Crippen molar-refractivity contribution in [2.24, 2.45) is 0 Å². The maximum atomic E-state index is 13.3. The second-order valence-corrected chi connectivity index (χ2v) is 9.59. The van der Waals surface area contributed by atoms with E-state index in [0.717, 1.165) is 15.6 Å². The van der Waals surface area contributed by atoms with Crippen LogP contribution in [0, 0.1) is 5.82 Å². The number of rotatable bonds is 8. The Bertz CT molecular complexity index is 1210. The highest BCUT2D eigenvalue weighted by Crippen LogP contribution is 2.22. The molecule has 0 saturated carbocycles. The van der Waals surface area contributed by atoms with E-state index in [1.165, 1.54) is 32.3 Å². The van der Waals surface area contributed by atoms with Crippen LogP contribution in [0.25, 0.3) is 11.0 Å². The molecule has 1 heterocycles. The molecule has 1 aromatic heterocycles. The average Bonchev–Trinajstić information content (AvgIpc) is 3.03. The standard InChI is InChI=1S/C21H26FN5O3S/c1-5-27-19-10-9-17(31(29,30)25(2)3)12-18(19)24-20(27)13-26(4)14-21(28)23-16-8-6-7-15(22)11-16/h6-12H,5,13-14H2,1-4H3,(H,23,28). The first-order chi connectivity index (χ1) is 14.6. The Balaban J connectivity index is 1.77. The van der Waals surface area contributed by atoms with E-state index in [4.69, 9.17) is 0 Å². The fourth-order valence-corrected chi connectivity index (χ4v) is 4.24. The summed E-state index contributed by atoms with van der Waals surface area (Å²) in [4.78, 5) is 18.9. The molecule has 8 nitrogen and oxygen atoms in total. The fraction of sp³-hybridized carbons (Fsp3) is 0.333. The smallest absolute Gasteiger partial charge is 0.242 e. The Labute approximate surface area is 181 Å². The number of likely N-dealkylation sites (N-methyl/N-ethyl adjacent to an activating group) is 1. The molecule has 3 aromatic rings. The summed E-state index contributed by atoms with van der Waals surface area (Å²) in [5, 5.41) is 2.67. The number of sulfonamides is 1. The number of halogens is 1. The number of benzene rings is 2. The van der Waals surface area contributed by atoms with Crippen molar-refractivity contribution in [2.75, 3.05) is 33.0 Å². The van der Waals surface area contributed by atoms with Crippen molar-refractivity contribution in [1.82, 2.24) is 18.8 Å². The molecule has 0 aliphatic carbocycles. The molecule has 1 amide bonds. The van der Waals surface area contributed by atoms with Crippen LogP contribution in [0.2, 0.25) is 0 Å². The number of imidazole rings is 1. The van der Waals surface area contributed by atoms with Crippen molar-refractivity contribution in [3.05, 3.63) is 54.1 Å². The lowest BCUT2D eigenvalue weighted by atomic mass is 10.3. The molecule has 0 aliphatic rings. The summed E-state index contributed by atoms with van der Waals surface area (Å²) in [6, 6.07) is 10.6. The summed E-state index contributed by atoms with van der Waals surface area (Å²) in [6.45, 7) is 3.10. The van der Waals surface area contributed by atoms with E-state index in [0.29, 0.717) is 24.3 Å². The minimum Gasteiger partial charge on any atom is -0.327 e. The van der Waals surface area contributed by atoms with Gasteiger partial charge in [0.1, 0.15) is 11.6 Å². The second kappa shape index (κ2) is 9.13. The molecular weight excluding hydrogens is 421 g/mol. The number of carbonyl (C=O) groups excluding carboxylic acids is 1. The molecule has 0 spiro atoms. The van der Waals surface area contributed by atoms with Gasteiger partial charge in [-0.15, -0.1) is 0 Å². The molecular formula is C21H26FN5O3S. The predicted molar refractivity (Wildman–Crippen MR) is 118 cm³/mol. The van der Waals surface area contributed by atoms with E-state index in [1.807, 2.05) is 11.5 Å². The van der Waals surface area contributed by atoms with Gasteiger partial charge >= 0.3 is 0 Å². The lowest BCUT2D eigenvalue weighted by Gasteiger charge is -2.17. The molecule has 3 rings (SSSR count). The number of hydrogen-bond donors (Lipinski definition) is 1. The predicted octanol–water partition coefficient (Wildman–Crippen LogP) is 2.52. The molecule has 1 N–H and O–H groups in total. The van der Waals surface area contributed by atoms with Crippen molar-refractivity contribution in [3.63, 3.8) is 0 Å². The number of fused-ring (bicyclic) bond motifs is 1. The minimum absolute atomic E-state index is 0.0870. The number of anilines is 1. The van der Waals surface area contributed by atoms with Crippen LogP contribution < -0.4 is 5.32 Å². The third-order valence-corrected chi connectivity index (χ3v) is 6.64. The zero-order chi connectivity index (χ0) is 22.8. The van der Waals surface area contributed by atoms with Gasteiger partial charge in [0.25, 0.3) is 0 Å². The van der Waals surface area contributed by atoms with E-state index >= 15 is 0 Å². The first kappa shape index (κ1) is 22.9. The van der Waals surface area contributed by atoms with Gasteiger partial charge in [-0.1, -0.05) is 6.07 Å². The highest BCUT2D eigenvalue weighted by Gasteiger charge is 2.20. The average molecular weight is 448 g/mol. The van der Waals surface area contributed by atoms with Crippen molar-refractivity contribution in [3.8, 4) is 0 Å². The van der Waals surface area contributed by atoms with Crippen molar-refractivity contribution in [2.45, 2.75) is 24.9 Å². The number of nitrogens with one attached hydrogen (secondary N) is 1. The zero-order valence-electron chi connectivity index (χ0n) is 18.0. The summed E-state index contributed by atoms with van der Waals surface area (Å²) >= 11 is 0. The Hall–Kier alpha value is -2.82. The SMILES string of the molecule is CCn1c(CN(C)CC(=O)Nc2cccc(F)c2)nc2cc(S(=O)(=O)N(C)C)ccc21. The molecule has 0 atom stereocenters. The van der Waals surface area contributed by atoms with Crippen LogP contribution in [0.3, 0.4) is 0 Å². The maximum Gasteiger partial charge on any atom is 0.242 e. The summed E-state index contributed by atoms with van der Waals surface area (Å²) < 4.78 is 41.3. The summed E-state index contributed by atoms with van der Waals surface area (Å²) in [5.74, 6) is 0.0306. The third-order valence-electron chi connectivity index (χ3n) is 4.83. The minimum atomic E-state index is -3.56. The monoisotopic (exact) mass is 447 g/mol. The highest BCUT2D eigenvalue weighted by atomic mass is 32.2. The van der Waals surface area contributed by atoms with Crippen molar-refractivity contribution >= 4 is 32.7 Å². The Morgan fingerprint density at radius 1 is 1.16 bits per heavy atom. The Morgan fingerprint density at radius 2 is 1.90 bits per heavy atom. The second-order valence-electron chi connectivity index (χ2n) is 7.44. The van der Waals surface area contributed by atoms with Gasteiger partial charge in [-0.25, -0.2) is 22.1 Å². The van der Waals surface area contributed by atoms with Gasteiger partial charge in [-0.3, -0.25) is 9.69 Å². The fourth-order valence-electron chi connectivity index (χ4n) is 3.31. The van der Waals surface area contributed by atoms with E-state index < -0.39 is 15.8 Å². The first-order valence-corrected chi connectivity index (χ1v) is 11.2. The Morgan fingerprint density at radius 3 is 2.55 bits per heavy atom. The highest BCUT2D eigenvalue weighted by molar-refractivity contribution is 7.89. The molecule has 0 bridgehead atoms. The molecule has 0 radical (unpaired) electrons. The number of nitrogens with zero attached hydrogens (tertiary/aromatic N) is 4. The van der Waals surface area contributed by atoms with Gasteiger partial charge in [-0.05, 0) is 50.4 Å². The molecule has 10 heteroatoms. The zero-order valence-corrected chi connectivity index (χ0v) is 18.8. The van der Waals surface area contributed by atoms with E-state index in [-0.39, 0.29) is 17.3 Å². The number of aryl methyl sites for hydroxylation is 1. The van der Waals surface area contributed by atoms with Crippen molar-refractivity contribution in [1.29, 1.82) is 0 Å². The first-order valence-electron chi connectivity index (χ1n) is 9.77. The van der Waals surface area contributed by atoms with E-state index in [2.05, 4.69) is 10.3 Å². The molecule has 0 aliphatic heterocycles. The molecule has 166 valence electrons. The largest absolute Gasteiger partial charge is 0.327 e. The van der Waals surface area contributed by atoms with E-state index in [1.54, 1.807) is 36.2 Å². The van der Waals surface area contributed by atoms with Gasteiger partial charge in [0.15, 0.2) is 0 Å². The summed E-state index contributed by atoms with van der Waals surface area (Å²) in [6.07, 6.45) is 0. The molecule has 0 saturated heterocycles. The van der Waals surface area contributed by atoms with Crippen LogP contribution >= 0.6 is 0 Å². The van der Waals surface area contributed by atoms with Crippen LogP contribution in [-0.4, -0.2) is 60.8 Å². The van der Waals surface area contributed by atoms with Crippen LogP contribution in [-0.2, 0) is 27.9 Å². The topological polar surface area (TPSA) is 87.5 Å². The van der Waals surface area contributed by atoms with Gasteiger partial charge in [0.2, 0.25) is 15.9 Å². The van der Waals surface area contributed by atoms with E-state index in [9.17, 15) is 17.6 Å². The molecule has 31 heavy (non-hydrogen) atoms. The normalized spacial score (nSPS) is 12.1. The number of amides is 1. The van der Waals surface area contributed by atoms with Gasteiger partial charge < -0.3 is 9.88 Å². The summed E-state index contributed by atoms with van der Waals surface area (Å²) in [7, 11) is 1.20. The Kier molecular flexibility index (Phi) is 6.73.